The second-order valence-electron chi connectivity index (χ2n) is 6.19. The molecule has 2 unspecified atom stereocenters. The van der Waals surface area contributed by atoms with Crippen molar-refractivity contribution < 1.29 is 0 Å². The van der Waals surface area contributed by atoms with Crippen LogP contribution in [0.15, 0.2) is 6.33 Å². The second kappa shape index (κ2) is 4.84. The highest BCUT2D eigenvalue weighted by Gasteiger charge is 2.35. The summed E-state index contributed by atoms with van der Waals surface area (Å²) >= 11 is 0. The van der Waals surface area contributed by atoms with Crippen molar-refractivity contribution in [2.75, 3.05) is 37.3 Å². The zero-order valence-electron chi connectivity index (χ0n) is 12.3. The summed E-state index contributed by atoms with van der Waals surface area (Å²) in [6.07, 6.45) is 5.43. The van der Waals surface area contributed by atoms with E-state index in [0.717, 1.165) is 24.4 Å². The highest BCUT2D eigenvalue weighted by molar-refractivity contribution is 5.84. The highest BCUT2D eigenvalue weighted by Crippen LogP contribution is 2.33. The van der Waals surface area contributed by atoms with Crippen LogP contribution in [0.25, 0.3) is 11.2 Å². The molecule has 0 bridgehead atoms. The highest BCUT2D eigenvalue weighted by atomic mass is 15.3. The molecule has 2 atom stereocenters. The minimum absolute atomic E-state index is 0.299. The van der Waals surface area contributed by atoms with E-state index in [-0.39, 0.29) is 0 Å². The zero-order valence-corrected chi connectivity index (χ0v) is 12.3. The van der Waals surface area contributed by atoms with Gasteiger partial charge < -0.3 is 20.5 Å². The summed E-state index contributed by atoms with van der Waals surface area (Å²) in [6, 6.07) is 0.714. The van der Waals surface area contributed by atoms with E-state index in [1.807, 2.05) is 0 Å². The minimum atomic E-state index is 0.299. The van der Waals surface area contributed by atoms with Crippen LogP contribution < -0.4 is 10.6 Å². The van der Waals surface area contributed by atoms with Crippen molar-refractivity contribution in [1.29, 1.82) is 0 Å². The molecule has 2 aromatic heterocycles. The van der Waals surface area contributed by atoms with Crippen LogP contribution in [0.1, 0.15) is 19.3 Å². The average molecular weight is 287 g/mol. The molecule has 2 saturated heterocycles. The van der Waals surface area contributed by atoms with E-state index >= 15 is 0 Å². The molecule has 4 rings (SSSR count). The fraction of sp³-hybridized carbons (Fsp3) is 0.643. The van der Waals surface area contributed by atoms with Gasteiger partial charge in [0, 0.05) is 19.1 Å². The van der Waals surface area contributed by atoms with Crippen LogP contribution in [-0.2, 0) is 0 Å². The van der Waals surface area contributed by atoms with Crippen molar-refractivity contribution in [3.05, 3.63) is 6.33 Å². The number of H-pyrrole nitrogens is 1. The number of nitrogens with one attached hydrogen (secondary N) is 1. The molecular formula is C14H21N7. The second-order valence-corrected chi connectivity index (χ2v) is 6.19. The standard InChI is InChI=1S/C14H21N7/c1-20-5-2-3-9-7-21(6-4-10(9)20)13-11-12(17-8-16-11)18-14(15)19-13/h8-10H,2-7H2,1H3,(H3,15,16,17,18,19). The summed E-state index contributed by atoms with van der Waals surface area (Å²) in [5.41, 5.74) is 7.38. The Hall–Kier alpha value is -1.89. The van der Waals surface area contributed by atoms with Crippen molar-refractivity contribution in [1.82, 2.24) is 24.8 Å². The first kappa shape index (κ1) is 12.8. The van der Waals surface area contributed by atoms with Crippen LogP contribution >= 0.6 is 0 Å². The molecule has 7 nitrogen and oxygen atoms in total. The van der Waals surface area contributed by atoms with Gasteiger partial charge in [-0.25, -0.2) is 4.98 Å². The predicted octanol–water partition coefficient (Wildman–Crippen LogP) is 0.856. The Labute approximate surface area is 123 Å². The van der Waals surface area contributed by atoms with Crippen molar-refractivity contribution in [3.63, 3.8) is 0 Å². The topological polar surface area (TPSA) is 87.0 Å². The normalized spacial score (nSPS) is 27.0. The zero-order chi connectivity index (χ0) is 14.4. The lowest BCUT2D eigenvalue weighted by molar-refractivity contribution is 0.102. The number of hydrogen-bond acceptors (Lipinski definition) is 6. The van der Waals surface area contributed by atoms with E-state index in [9.17, 15) is 0 Å². The molecule has 0 spiro atoms. The van der Waals surface area contributed by atoms with Gasteiger partial charge in [-0.1, -0.05) is 0 Å². The Balaban J connectivity index is 1.66. The van der Waals surface area contributed by atoms with E-state index < -0.39 is 0 Å². The first-order valence-corrected chi connectivity index (χ1v) is 7.64. The van der Waals surface area contributed by atoms with E-state index in [4.69, 9.17) is 5.73 Å². The Bertz CT molecular complexity index is 652. The molecular weight excluding hydrogens is 266 g/mol. The third-order valence-electron chi connectivity index (χ3n) is 4.93. The summed E-state index contributed by atoms with van der Waals surface area (Å²) in [6.45, 7) is 3.28. The largest absolute Gasteiger partial charge is 0.368 e. The Morgan fingerprint density at radius 2 is 2.19 bits per heavy atom. The fourth-order valence-corrected chi connectivity index (χ4v) is 3.91. The van der Waals surface area contributed by atoms with Crippen LogP contribution in [0.2, 0.25) is 0 Å². The molecule has 2 aliphatic heterocycles. The molecule has 2 aromatic rings. The predicted molar refractivity (Wildman–Crippen MR) is 82.1 cm³/mol. The lowest BCUT2D eigenvalue weighted by Gasteiger charge is -2.46. The van der Waals surface area contributed by atoms with Crippen LogP contribution in [0.3, 0.4) is 0 Å². The minimum Gasteiger partial charge on any atom is -0.368 e. The first-order chi connectivity index (χ1) is 10.2. The van der Waals surface area contributed by atoms with Crippen molar-refractivity contribution >= 4 is 22.9 Å². The number of anilines is 2. The van der Waals surface area contributed by atoms with Gasteiger partial charge in [0.25, 0.3) is 0 Å². The number of nitrogens with two attached hydrogens (primary N) is 1. The van der Waals surface area contributed by atoms with Crippen molar-refractivity contribution in [2.24, 2.45) is 5.92 Å². The monoisotopic (exact) mass is 287 g/mol. The van der Waals surface area contributed by atoms with E-state index in [0.29, 0.717) is 23.6 Å². The number of fused-ring (bicyclic) bond motifs is 2. The molecule has 4 heterocycles. The van der Waals surface area contributed by atoms with Crippen LogP contribution in [0, 0.1) is 5.92 Å². The molecule has 7 heteroatoms. The van der Waals surface area contributed by atoms with E-state index in [2.05, 4.69) is 36.8 Å². The van der Waals surface area contributed by atoms with Gasteiger partial charge in [0.2, 0.25) is 5.95 Å². The van der Waals surface area contributed by atoms with Crippen molar-refractivity contribution in [2.45, 2.75) is 25.3 Å². The van der Waals surface area contributed by atoms with Crippen LogP contribution in [0.5, 0.6) is 0 Å². The number of aromatic nitrogens is 4. The summed E-state index contributed by atoms with van der Waals surface area (Å²) in [5.74, 6) is 1.92. The lowest BCUT2D eigenvalue weighted by Crippen LogP contribution is -2.53. The van der Waals surface area contributed by atoms with E-state index in [1.165, 1.54) is 25.8 Å². The molecule has 3 N–H and O–H groups in total. The number of aromatic amines is 1. The Morgan fingerprint density at radius 3 is 3.10 bits per heavy atom. The van der Waals surface area contributed by atoms with Gasteiger partial charge in [0.05, 0.1) is 6.33 Å². The van der Waals surface area contributed by atoms with Gasteiger partial charge in [0.15, 0.2) is 11.5 Å². The van der Waals surface area contributed by atoms with Gasteiger partial charge in [-0.15, -0.1) is 0 Å². The smallest absolute Gasteiger partial charge is 0.224 e. The number of nitrogens with zero attached hydrogens (tertiary/aromatic N) is 5. The molecule has 0 amide bonds. The maximum absolute atomic E-state index is 5.83. The number of hydrogen-bond donors (Lipinski definition) is 2. The van der Waals surface area contributed by atoms with Crippen LogP contribution in [0.4, 0.5) is 11.8 Å². The summed E-state index contributed by atoms with van der Waals surface area (Å²) in [5, 5.41) is 0. The lowest BCUT2D eigenvalue weighted by atomic mass is 9.84. The number of nitrogen functional groups attached to an aromatic ring is 1. The summed E-state index contributed by atoms with van der Waals surface area (Å²) < 4.78 is 0. The Morgan fingerprint density at radius 1 is 1.29 bits per heavy atom. The fourth-order valence-electron chi connectivity index (χ4n) is 3.91. The van der Waals surface area contributed by atoms with Gasteiger partial charge in [-0.05, 0) is 38.8 Å². The number of imidazole rings is 1. The van der Waals surface area contributed by atoms with Crippen LogP contribution in [-0.4, -0.2) is 57.6 Å². The number of rotatable bonds is 1. The quantitative estimate of drug-likeness (QED) is 0.809. The molecule has 2 aliphatic rings. The molecule has 0 radical (unpaired) electrons. The van der Waals surface area contributed by atoms with Gasteiger partial charge in [0.1, 0.15) is 5.52 Å². The molecule has 112 valence electrons. The molecule has 0 saturated carbocycles. The maximum Gasteiger partial charge on any atom is 0.224 e. The average Bonchev–Trinajstić information content (AvgIpc) is 2.94. The number of piperidine rings is 2. The number of likely N-dealkylation sites (tertiary alicyclic amines) is 1. The summed E-state index contributed by atoms with van der Waals surface area (Å²) in [7, 11) is 2.25. The molecule has 2 fully saturated rings. The van der Waals surface area contributed by atoms with E-state index in [1.54, 1.807) is 6.33 Å². The Kier molecular flexibility index (Phi) is 2.95. The SMILES string of the molecule is CN1CCCC2CN(c3nc(N)nc4nc[nH]c34)CCC21. The third kappa shape index (κ3) is 2.12. The molecule has 0 aliphatic carbocycles. The maximum atomic E-state index is 5.83. The van der Waals surface area contributed by atoms with Gasteiger partial charge in [-0.3, -0.25) is 0 Å². The van der Waals surface area contributed by atoms with Gasteiger partial charge in [-0.2, -0.15) is 9.97 Å². The third-order valence-corrected chi connectivity index (χ3v) is 4.93. The summed E-state index contributed by atoms with van der Waals surface area (Å²) in [4.78, 5) is 20.9. The molecule has 21 heavy (non-hydrogen) atoms. The van der Waals surface area contributed by atoms with Gasteiger partial charge >= 0.3 is 0 Å². The molecule has 0 aromatic carbocycles. The first-order valence-electron chi connectivity index (χ1n) is 7.64. The van der Waals surface area contributed by atoms with Crippen molar-refractivity contribution in [3.8, 4) is 0 Å².